The molecule has 0 spiro atoms. The zero-order chi connectivity index (χ0) is 9.14. The van der Waals surface area contributed by atoms with Gasteiger partial charge in [0.25, 0.3) is 0 Å². The maximum absolute atomic E-state index is 10.5. The van der Waals surface area contributed by atoms with Crippen LogP contribution in [0.4, 0.5) is 4.79 Å². The van der Waals surface area contributed by atoms with Crippen molar-refractivity contribution in [3.8, 4) is 0 Å². The molecule has 5 nitrogen and oxygen atoms in total. The molecule has 12 heavy (non-hydrogen) atoms. The van der Waals surface area contributed by atoms with Crippen molar-refractivity contribution in [2.75, 3.05) is 0 Å². The number of hydrogen-bond donors (Lipinski definition) is 3. The van der Waals surface area contributed by atoms with Gasteiger partial charge in [0.1, 0.15) is 0 Å². The summed E-state index contributed by atoms with van der Waals surface area (Å²) in [5.41, 5.74) is 5.69. The lowest BCUT2D eigenvalue weighted by Gasteiger charge is -2.31. The van der Waals surface area contributed by atoms with Crippen LogP contribution in [0.15, 0.2) is 0 Å². The van der Waals surface area contributed by atoms with Crippen LogP contribution in [0.5, 0.6) is 0 Å². The molecule has 1 aliphatic carbocycles. The molecule has 0 heterocycles. The molecule has 5 heteroatoms. The van der Waals surface area contributed by atoms with Gasteiger partial charge in [-0.1, -0.05) is 0 Å². The van der Waals surface area contributed by atoms with Gasteiger partial charge in [0.15, 0.2) is 0 Å². The Hall–Kier alpha value is -0.810. The first kappa shape index (κ1) is 9.28. The van der Waals surface area contributed by atoms with E-state index in [0.29, 0.717) is 6.42 Å². The topological polar surface area (TPSA) is 92.6 Å². The molecule has 1 rings (SSSR count). The van der Waals surface area contributed by atoms with Crippen LogP contribution in [0, 0.1) is 0 Å². The number of amides is 1. The SMILES string of the molecule is NC1CCCC(N(N)C(=O)O)C1. The predicted molar refractivity (Wildman–Crippen MR) is 44.3 cm³/mol. The molecular formula is C7H15N3O2. The highest BCUT2D eigenvalue weighted by Gasteiger charge is 2.25. The third-order valence-electron chi connectivity index (χ3n) is 2.30. The van der Waals surface area contributed by atoms with Gasteiger partial charge in [0, 0.05) is 6.04 Å². The minimum Gasteiger partial charge on any atom is -0.464 e. The van der Waals surface area contributed by atoms with Gasteiger partial charge in [-0.2, -0.15) is 0 Å². The fraction of sp³-hybridized carbons (Fsp3) is 0.857. The van der Waals surface area contributed by atoms with Crippen LogP contribution in [-0.4, -0.2) is 28.3 Å². The van der Waals surface area contributed by atoms with Gasteiger partial charge in [0.05, 0.1) is 6.04 Å². The quantitative estimate of drug-likeness (QED) is 0.298. The standard InChI is InChI=1S/C7H15N3O2/c8-5-2-1-3-6(4-5)10(9)7(11)12/h5-6H,1-4,8-9H2,(H,11,12). The Morgan fingerprint density at radius 1 is 1.50 bits per heavy atom. The van der Waals surface area contributed by atoms with Crippen molar-refractivity contribution < 1.29 is 9.90 Å². The number of carbonyl (C=O) groups is 1. The zero-order valence-corrected chi connectivity index (χ0v) is 6.94. The van der Waals surface area contributed by atoms with Crippen LogP contribution in [-0.2, 0) is 0 Å². The molecule has 0 aliphatic heterocycles. The normalized spacial score (nSPS) is 29.8. The summed E-state index contributed by atoms with van der Waals surface area (Å²) >= 11 is 0. The maximum atomic E-state index is 10.5. The minimum absolute atomic E-state index is 0.0914. The Balaban J connectivity index is 2.45. The van der Waals surface area contributed by atoms with Crippen molar-refractivity contribution in [1.82, 2.24) is 5.01 Å². The van der Waals surface area contributed by atoms with Crippen molar-refractivity contribution in [1.29, 1.82) is 0 Å². The zero-order valence-electron chi connectivity index (χ0n) is 6.94. The molecule has 1 amide bonds. The number of rotatable bonds is 1. The first-order chi connectivity index (χ1) is 5.61. The van der Waals surface area contributed by atoms with E-state index in [1.807, 2.05) is 0 Å². The smallest absolute Gasteiger partial charge is 0.421 e. The van der Waals surface area contributed by atoms with Gasteiger partial charge in [-0.05, 0) is 25.7 Å². The summed E-state index contributed by atoms with van der Waals surface area (Å²) in [7, 11) is 0. The van der Waals surface area contributed by atoms with Crippen molar-refractivity contribution >= 4 is 6.09 Å². The molecule has 2 unspecified atom stereocenters. The predicted octanol–water partition coefficient (Wildman–Crippen LogP) is 0.110. The van der Waals surface area contributed by atoms with Crippen LogP contribution in [0.3, 0.4) is 0 Å². The Kier molecular flexibility index (Phi) is 2.88. The Morgan fingerprint density at radius 2 is 2.17 bits per heavy atom. The highest BCUT2D eigenvalue weighted by molar-refractivity contribution is 5.64. The lowest BCUT2D eigenvalue weighted by atomic mass is 9.91. The maximum Gasteiger partial charge on any atom is 0.421 e. The highest BCUT2D eigenvalue weighted by atomic mass is 16.4. The molecule has 5 N–H and O–H groups in total. The molecule has 2 atom stereocenters. The molecule has 1 aliphatic rings. The van der Waals surface area contributed by atoms with E-state index in [-0.39, 0.29) is 12.1 Å². The second-order valence-electron chi connectivity index (χ2n) is 3.27. The Labute approximate surface area is 71.3 Å². The van der Waals surface area contributed by atoms with E-state index in [2.05, 4.69) is 0 Å². The summed E-state index contributed by atoms with van der Waals surface area (Å²) in [5, 5.41) is 9.45. The van der Waals surface area contributed by atoms with Gasteiger partial charge in [0.2, 0.25) is 0 Å². The van der Waals surface area contributed by atoms with E-state index >= 15 is 0 Å². The molecule has 0 aromatic heterocycles. The number of hydrogen-bond acceptors (Lipinski definition) is 3. The average molecular weight is 173 g/mol. The van der Waals surface area contributed by atoms with Crippen molar-refractivity contribution in [2.24, 2.45) is 11.6 Å². The molecule has 0 saturated heterocycles. The van der Waals surface area contributed by atoms with Gasteiger partial charge in [-0.25, -0.2) is 15.6 Å². The second-order valence-corrected chi connectivity index (χ2v) is 3.27. The number of hydrazine groups is 1. The van der Waals surface area contributed by atoms with E-state index in [0.717, 1.165) is 24.3 Å². The van der Waals surface area contributed by atoms with Gasteiger partial charge < -0.3 is 10.8 Å². The van der Waals surface area contributed by atoms with E-state index in [9.17, 15) is 4.79 Å². The molecule has 0 aromatic rings. The monoisotopic (exact) mass is 173 g/mol. The van der Waals surface area contributed by atoms with Gasteiger partial charge in [-0.15, -0.1) is 0 Å². The van der Waals surface area contributed by atoms with E-state index < -0.39 is 6.09 Å². The molecule has 0 aromatic carbocycles. The number of nitrogens with two attached hydrogens (primary N) is 2. The Morgan fingerprint density at radius 3 is 2.67 bits per heavy atom. The first-order valence-corrected chi connectivity index (χ1v) is 4.13. The molecule has 0 radical (unpaired) electrons. The van der Waals surface area contributed by atoms with Crippen LogP contribution >= 0.6 is 0 Å². The van der Waals surface area contributed by atoms with Crippen molar-refractivity contribution in [3.63, 3.8) is 0 Å². The summed E-state index contributed by atoms with van der Waals surface area (Å²) in [4.78, 5) is 10.5. The summed E-state index contributed by atoms with van der Waals surface area (Å²) in [5.74, 6) is 5.33. The Bertz CT molecular complexity index is 174. The third-order valence-corrected chi connectivity index (χ3v) is 2.30. The van der Waals surface area contributed by atoms with E-state index in [1.165, 1.54) is 0 Å². The fourth-order valence-electron chi connectivity index (χ4n) is 1.61. The first-order valence-electron chi connectivity index (χ1n) is 4.13. The molecule has 0 bridgehead atoms. The summed E-state index contributed by atoms with van der Waals surface area (Å²) < 4.78 is 0. The van der Waals surface area contributed by atoms with Crippen molar-refractivity contribution in [2.45, 2.75) is 37.8 Å². The molecule has 70 valence electrons. The minimum atomic E-state index is -1.07. The second kappa shape index (κ2) is 3.73. The number of nitrogens with zero attached hydrogens (tertiary/aromatic N) is 1. The number of carboxylic acid groups (broad SMARTS) is 1. The lowest BCUT2D eigenvalue weighted by molar-refractivity contribution is 0.108. The molecular weight excluding hydrogens is 158 g/mol. The largest absolute Gasteiger partial charge is 0.464 e. The third kappa shape index (κ3) is 2.09. The molecule has 1 fully saturated rings. The highest BCUT2D eigenvalue weighted by Crippen LogP contribution is 2.19. The summed E-state index contributed by atoms with van der Waals surface area (Å²) in [6, 6.07) is 0.0143. The van der Waals surface area contributed by atoms with Crippen molar-refractivity contribution in [3.05, 3.63) is 0 Å². The lowest BCUT2D eigenvalue weighted by Crippen LogP contribution is -2.49. The summed E-state index contributed by atoms with van der Waals surface area (Å²) in [6.07, 6.45) is 2.38. The molecule has 1 saturated carbocycles. The van der Waals surface area contributed by atoms with Gasteiger partial charge in [-0.3, -0.25) is 0 Å². The van der Waals surface area contributed by atoms with Gasteiger partial charge >= 0.3 is 6.09 Å². The van der Waals surface area contributed by atoms with Crippen LogP contribution in [0.1, 0.15) is 25.7 Å². The fourth-order valence-corrected chi connectivity index (χ4v) is 1.61. The van der Waals surface area contributed by atoms with Crippen LogP contribution < -0.4 is 11.6 Å². The average Bonchev–Trinajstić information content (AvgIpc) is 2.03. The van der Waals surface area contributed by atoms with Crippen LogP contribution in [0.2, 0.25) is 0 Å². The summed E-state index contributed by atoms with van der Waals surface area (Å²) in [6.45, 7) is 0. The van der Waals surface area contributed by atoms with Crippen LogP contribution in [0.25, 0.3) is 0 Å². The van der Waals surface area contributed by atoms with E-state index in [1.54, 1.807) is 0 Å². The van der Waals surface area contributed by atoms with E-state index in [4.69, 9.17) is 16.7 Å².